The lowest BCUT2D eigenvalue weighted by molar-refractivity contribution is 0.102. The second kappa shape index (κ2) is 6.03. The van der Waals surface area contributed by atoms with E-state index in [0.29, 0.717) is 21.3 Å². The second-order valence-corrected chi connectivity index (χ2v) is 5.29. The first-order chi connectivity index (χ1) is 9.45. The molecule has 0 radical (unpaired) electrons. The number of hydrogen-bond acceptors (Lipinski definition) is 2. The fourth-order valence-electron chi connectivity index (χ4n) is 1.79. The molecule has 0 heterocycles. The Kier molecular flexibility index (Phi) is 4.37. The number of rotatable bonds is 3. The van der Waals surface area contributed by atoms with E-state index in [1.165, 1.54) is 0 Å². The first-order valence-electron chi connectivity index (χ1n) is 5.94. The first-order valence-corrected chi connectivity index (χ1v) is 6.73. The molecule has 1 amide bonds. The molecule has 20 heavy (non-hydrogen) atoms. The van der Waals surface area contributed by atoms with Crippen molar-refractivity contribution >= 4 is 40.4 Å². The predicted octanol–water partition coefficient (Wildman–Crippen LogP) is 3.53. The van der Waals surface area contributed by atoms with Crippen LogP contribution in [0.3, 0.4) is 0 Å². The summed E-state index contributed by atoms with van der Waals surface area (Å²) in [4.78, 5) is 12.4. The molecular weight excluding hydrogens is 292 g/mol. The molecule has 0 aromatic heterocycles. The molecule has 0 unspecified atom stereocenters. The zero-order valence-electron chi connectivity index (χ0n) is 10.8. The van der Waals surface area contributed by atoms with Crippen molar-refractivity contribution in [1.29, 1.82) is 0 Å². The maximum Gasteiger partial charge on any atom is 0.255 e. The third-order valence-corrected chi connectivity index (χ3v) is 3.19. The Morgan fingerprint density at radius 3 is 2.35 bits per heavy atom. The molecule has 0 spiro atoms. The lowest BCUT2D eigenvalue weighted by atomic mass is 10.1. The van der Waals surface area contributed by atoms with Crippen LogP contribution in [0.4, 0.5) is 5.69 Å². The van der Waals surface area contributed by atoms with E-state index < -0.39 is 0 Å². The summed E-state index contributed by atoms with van der Waals surface area (Å²) in [7, 11) is 0. The minimum atomic E-state index is -0.210. The number of hydrogen-bond donors (Lipinski definition) is 2. The molecule has 0 saturated carbocycles. The summed E-state index contributed by atoms with van der Waals surface area (Å²) < 4.78 is 0. The van der Waals surface area contributed by atoms with E-state index in [9.17, 15) is 4.79 Å². The standard InChI is InChI=1S/C15H13ClN2OS/c1-9-6-11(8-12(16)7-9)15(19)18-13-4-2-10(3-5-13)14(17)20/h2-8H,1H3,(H2,17,20)(H,18,19). The SMILES string of the molecule is Cc1cc(Cl)cc(C(=O)Nc2ccc(C(N)=S)cc2)c1. The van der Waals surface area contributed by atoms with Gasteiger partial charge in [-0.2, -0.15) is 0 Å². The van der Waals surface area contributed by atoms with Crippen molar-refractivity contribution in [3.63, 3.8) is 0 Å². The van der Waals surface area contributed by atoms with Crippen molar-refractivity contribution < 1.29 is 4.79 Å². The van der Waals surface area contributed by atoms with Gasteiger partial charge in [-0.3, -0.25) is 4.79 Å². The monoisotopic (exact) mass is 304 g/mol. The van der Waals surface area contributed by atoms with Crippen LogP contribution in [0.2, 0.25) is 5.02 Å². The molecule has 0 bridgehead atoms. The highest BCUT2D eigenvalue weighted by atomic mass is 35.5. The van der Waals surface area contributed by atoms with Gasteiger partial charge < -0.3 is 11.1 Å². The molecule has 102 valence electrons. The maximum atomic E-state index is 12.1. The molecule has 2 rings (SSSR count). The van der Waals surface area contributed by atoms with E-state index in [2.05, 4.69) is 5.32 Å². The van der Waals surface area contributed by atoms with Gasteiger partial charge in [0.15, 0.2) is 0 Å². The highest BCUT2D eigenvalue weighted by Crippen LogP contribution is 2.16. The van der Waals surface area contributed by atoms with Gasteiger partial charge in [-0.1, -0.05) is 23.8 Å². The van der Waals surface area contributed by atoms with Crippen molar-refractivity contribution in [2.45, 2.75) is 6.92 Å². The largest absolute Gasteiger partial charge is 0.389 e. The molecule has 3 nitrogen and oxygen atoms in total. The Morgan fingerprint density at radius 2 is 1.80 bits per heavy atom. The van der Waals surface area contributed by atoms with Crippen LogP contribution in [0, 0.1) is 6.92 Å². The number of nitrogens with one attached hydrogen (secondary N) is 1. The number of halogens is 1. The molecule has 3 N–H and O–H groups in total. The van der Waals surface area contributed by atoms with E-state index >= 15 is 0 Å². The quantitative estimate of drug-likeness (QED) is 0.853. The summed E-state index contributed by atoms with van der Waals surface area (Å²) in [5.41, 5.74) is 8.41. The van der Waals surface area contributed by atoms with Crippen LogP contribution in [-0.2, 0) is 0 Å². The van der Waals surface area contributed by atoms with Gasteiger partial charge >= 0.3 is 0 Å². The van der Waals surface area contributed by atoms with Crippen LogP contribution >= 0.6 is 23.8 Å². The summed E-state index contributed by atoms with van der Waals surface area (Å²) in [6.07, 6.45) is 0. The number of amides is 1. The van der Waals surface area contributed by atoms with Crippen LogP contribution in [0.5, 0.6) is 0 Å². The summed E-state index contributed by atoms with van der Waals surface area (Å²) in [6.45, 7) is 1.89. The number of carbonyl (C=O) groups is 1. The highest BCUT2D eigenvalue weighted by Gasteiger charge is 2.08. The molecule has 2 aromatic carbocycles. The number of anilines is 1. The first kappa shape index (κ1) is 14.5. The van der Waals surface area contributed by atoms with E-state index in [0.717, 1.165) is 11.1 Å². The van der Waals surface area contributed by atoms with Crippen molar-refractivity contribution in [2.24, 2.45) is 5.73 Å². The Morgan fingerprint density at radius 1 is 1.15 bits per heavy atom. The summed E-state index contributed by atoms with van der Waals surface area (Å²) in [6, 6.07) is 12.3. The summed E-state index contributed by atoms with van der Waals surface area (Å²) in [5, 5.41) is 3.34. The van der Waals surface area contributed by atoms with Gasteiger partial charge in [-0.15, -0.1) is 0 Å². The number of benzene rings is 2. The number of nitrogens with two attached hydrogens (primary N) is 1. The van der Waals surface area contributed by atoms with Gasteiger partial charge in [0.1, 0.15) is 4.99 Å². The lowest BCUT2D eigenvalue weighted by Crippen LogP contribution is -2.13. The minimum absolute atomic E-state index is 0.210. The van der Waals surface area contributed by atoms with Crippen molar-refractivity contribution in [1.82, 2.24) is 0 Å². The average Bonchev–Trinajstić information content (AvgIpc) is 2.38. The Hall–Kier alpha value is -1.91. The van der Waals surface area contributed by atoms with Gasteiger partial charge in [-0.25, -0.2) is 0 Å². The van der Waals surface area contributed by atoms with Crippen LogP contribution in [-0.4, -0.2) is 10.9 Å². The zero-order chi connectivity index (χ0) is 14.7. The molecular formula is C15H13ClN2OS. The van der Waals surface area contributed by atoms with Crippen molar-refractivity contribution in [3.05, 3.63) is 64.2 Å². The van der Waals surface area contributed by atoms with Crippen LogP contribution in [0.25, 0.3) is 0 Å². The predicted molar refractivity (Wildman–Crippen MR) is 86.5 cm³/mol. The third-order valence-electron chi connectivity index (χ3n) is 2.73. The number of aryl methyl sites for hydroxylation is 1. The van der Waals surface area contributed by atoms with Gasteiger partial charge in [0, 0.05) is 21.8 Å². The molecule has 0 aliphatic carbocycles. The van der Waals surface area contributed by atoms with Crippen LogP contribution < -0.4 is 11.1 Å². The molecule has 0 aliphatic rings. The Bertz CT molecular complexity index is 648. The van der Waals surface area contributed by atoms with E-state index in [-0.39, 0.29) is 5.91 Å². The van der Waals surface area contributed by atoms with Crippen molar-refractivity contribution in [2.75, 3.05) is 5.32 Å². The molecule has 0 aliphatic heterocycles. The molecule has 0 fully saturated rings. The van der Waals surface area contributed by atoms with Crippen molar-refractivity contribution in [3.8, 4) is 0 Å². The Balaban J connectivity index is 2.16. The average molecular weight is 305 g/mol. The molecule has 5 heteroatoms. The summed E-state index contributed by atoms with van der Waals surface area (Å²) in [5.74, 6) is -0.210. The van der Waals surface area contributed by atoms with Gasteiger partial charge in [0.2, 0.25) is 0 Å². The molecule has 2 aromatic rings. The van der Waals surface area contributed by atoms with Crippen LogP contribution in [0.1, 0.15) is 21.5 Å². The molecule has 0 saturated heterocycles. The zero-order valence-corrected chi connectivity index (χ0v) is 12.4. The highest BCUT2D eigenvalue weighted by molar-refractivity contribution is 7.80. The van der Waals surface area contributed by atoms with E-state index in [1.54, 1.807) is 42.5 Å². The molecule has 0 atom stereocenters. The smallest absolute Gasteiger partial charge is 0.255 e. The number of thiocarbonyl (C=S) groups is 1. The van der Waals surface area contributed by atoms with E-state index in [4.69, 9.17) is 29.6 Å². The maximum absolute atomic E-state index is 12.1. The van der Waals surface area contributed by atoms with Gasteiger partial charge in [0.25, 0.3) is 5.91 Å². The topological polar surface area (TPSA) is 55.1 Å². The van der Waals surface area contributed by atoms with Crippen LogP contribution in [0.15, 0.2) is 42.5 Å². The Labute approximate surface area is 127 Å². The number of carbonyl (C=O) groups excluding carboxylic acids is 1. The minimum Gasteiger partial charge on any atom is -0.389 e. The van der Waals surface area contributed by atoms with Gasteiger partial charge in [-0.05, 0) is 55.0 Å². The van der Waals surface area contributed by atoms with E-state index in [1.807, 2.05) is 6.92 Å². The third kappa shape index (κ3) is 3.56. The normalized spacial score (nSPS) is 10.1. The fraction of sp³-hybridized carbons (Fsp3) is 0.0667. The fourth-order valence-corrected chi connectivity index (χ4v) is 2.21. The second-order valence-electron chi connectivity index (χ2n) is 4.41. The lowest BCUT2D eigenvalue weighted by Gasteiger charge is -2.07. The van der Waals surface area contributed by atoms with Gasteiger partial charge in [0.05, 0.1) is 0 Å². The summed E-state index contributed by atoms with van der Waals surface area (Å²) >= 11 is 10.8.